The van der Waals surface area contributed by atoms with Crippen molar-refractivity contribution in [2.75, 3.05) is 6.61 Å². The molecular formula is C16H26O. The highest BCUT2D eigenvalue weighted by atomic mass is 16.5. The Balaban J connectivity index is 3.43. The minimum atomic E-state index is 0.117. The van der Waals surface area contributed by atoms with Gasteiger partial charge < -0.3 is 4.74 Å². The van der Waals surface area contributed by atoms with Crippen molar-refractivity contribution in [1.82, 2.24) is 0 Å². The summed E-state index contributed by atoms with van der Waals surface area (Å²) in [6.45, 7) is 16.2. The molecule has 0 saturated heterocycles. The first kappa shape index (κ1) is 14.1. The maximum atomic E-state index is 5.92. The van der Waals surface area contributed by atoms with Crippen LogP contribution in [-0.2, 0) is 10.8 Å². The molecule has 1 aromatic rings. The fourth-order valence-electron chi connectivity index (χ4n) is 2.02. The largest absolute Gasteiger partial charge is 0.493 e. The number of hydrogen-bond donors (Lipinski definition) is 0. The average molecular weight is 234 g/mol. The number of rotatable bonds is 2. The number of ether oxygens (including phenoxy) is 1. The van der Waals surface area contributed by atoms with Crippen LogP contribution in [0.15, 0.2) is 18.2 Å². The lowest BCUT2D eigenvalue weighted by atomic mass is 9.79. The third kappa shape index (κ3) is 3.24. The third-order valence-electron chi connectivity index (χ3n) is 2.92. The topological polar surface area (TPSA) is 9.23 Å². The molecule has 0 aliphatic rings. The van der Waals surface area contributed by atoms with Gasteiger partial charge in [0, 0.05) is 0 Å². The molecule has 0 aliphatic heterocycles. The minimum Gasteiger partial charge on any atom is -0.493 e. The van der Waals surface area contributed by atoms with Crippen molar-refractivity contribution in [2.45, 2.75) is 59.3 Å². The zero-order valence-corrected chi connectivity index (χ0v) is 12.3. The molecular weight excluding hydrogens is 208 g/mol. The Morgan fingerprint density at radius 1 is 0.882 bits per heavy atom. The number of benzene rings is 1. The monoisotopic (exact) mass is 234 g/mol. The highest BCUT2D eigenvalue weighted by Gasteiger charge is 2.26. The van der Waals surface area contributed by atoms with Crippen molar-refractivity contribution in [3.63, 3.8) is 0 Å². The Morgan fingerprint density at radius 2 is 1.29 bits per heavy atom. The Hall–Kier alpha value is -0.980. The first-order valence-electron chi connectivity index (χ1n) is 6.44. The van der Waals surface area contributed by atoms with E-state index in [2.05, 4.69) is 59.7 Å². The lowest BCUT2D eigenvalue weighted by molar-refractivity contribution is 0.319. The van der Waals surface area contributed by atoms with Gasteiger partial charge in [0.25, 0.3) is 0 Å². The van der Waals surface area contributed by atoms with Crippen LogP contribution in [0, 0.1) is 0 Å². The molecule has 0 amide bonds. The minimum absolute atomic E-state index is 0.117. The molecule has 1 aromatic carbocycles. The van der Waals surface area contributed by atoms with Crippen molar-refractivity contribution in [2.24, 2.45) is 0 Å². The van der Waals surface area contributed by atoms with Crippen molar-refractivity contribution in [3.05, 3.63) is 29.3 Å². The smallest absolute Gasteiger partial charge is 0.126 e. The summed E-state index contributed by atoms with van der Waals surface area (Å²) < 4.78 is 5.92. The van der Waals surface area contributed by atoms with Crippen LogP contribution in [0.5, 0.6) is 5.75 Å². The van der Waals surface area contributed by atoms with Gasteiger partial charge in [0.2, 0.25) is 0 Å². The first-order valence-corrected chi connectivity index (χ1v) is 6.44. The molecule has 1 nitrogen and oxygen atoms in total. The Morgan fingerprint density at radius 3 is 1.59 bits per heavy atom. The second-order valence-electron chi connectivity index (χ2n) is 6.62. The fourth-order valence-corrected chi connectivity index (χ4v) is 2.02. The summed E-state index contributed by atoms with van der Waals surface area (Å²) in [5.41, 5.74) is 2.83. The van der Waals surface area contributed by atoms with E-state index < -0.39 is 0 Å². The SMILES string of the molecule is CCOc1c(C(C)(C)C)cccc1C(C)(C)C. The maximum Gasteiger partial charge on any atom is 0.126 e. The standard InChI is InChI=1S/C16H26O/c1-8-17-14-12(15(2,3)4)10-9-11-13(14)16(5,6)7/h9-11H,8H2,1-7H3. The van der Waals surface area contributed by atoms with Gasteiger partial charge >= 0.3 is 0 Å². The highest BCUT2D eigenvalue weighted by Crippen LogP contribution is 2.39. The van der Waals surface area contributed by atoms with Crippen LogP contribution >= 0.6 is 0 Å². The fraction of sp³-hybridized carbons (Fsp3) is 0.625. The van der Waals surface area contributed by atoms with E-state index in [1.165, 1.54) is 11.1 Å². The molecule has 0 heterocycles. The molecule has 1 rings (SSSR count). The molecule has 0 aromatic heterocycles. The van der Waals surface area contributed by atoms with Gasteiger partial charge in [-0.25, -0.2) is 0 Å². The number of hydrogen-bond acceptors (Lipinski definition) is 1. The first-order chi connectivity index (χ1) is 7.68. The molecule has 0 atom stereocenters. The Kier molecular flexibility index (Phi) is 3.91. The second-order valence-corrected chi connectivity index (χ2v) is 6.62. The molecule has 0 N–H and O–H groups in total. The predicted octanol–water partition coefficient (Wildman–Crippen LogP) is 4.68. The van der Waals surface area contributed by atoms with Gasteiger partial charge in [-0.3, -0.25) is 0 Å². The van der Waals surface area contributed by atoms with Gasteiger partial charge in [-0.05, 0) is 28.9 Å². The lowest BCUT2D eigenvalue weighted by Crippen LogP contribution is -2.19. The van der Waals surface area contributed by atoms with Crippen LogP contribution in [0.3, 0.4) is 0 Å². The molecule has 0 unspecified atom stereocenters. The van der Waals surface area contributed by atoms with E-state index in [9.17, 15) is 0 Å². The zero-order valence-electron chi connectivity index (χ0n) is 12.3. The second kappa shape index (κ2) is 4.72. The summed E-state index contributed by atoms with van der Waals surface area (Å²) in [5, 5.41) is 0. The summed E-state index contributed by atoms with van der Waals surface area (Å²) in [6.07, 6.45) is 0. The van der Waals surface area contributed by atoms with Crippen LogP contribution in [-0.4, -0.2) is 6.61 Å². The predicted molar refractivity (Wildman–Crippen MR) is 75.0 cm³/mol. The van der Waals surface area contributed by atoms with Crippen molar-refractivity contribution in [3.8, 4) is 5.75 Å². The summed E-state index contributed by atoms with van der Waals surface area (Å²) in [6, 6.07) is 6.50. The lowest BCUT2D eigenvalue weighted by Gasteiger charge is -2.29. The van der Waals surface area contributed by atoms with Crippen LogP contribution < -0.4 is 4.74 Å². The highest BCUT2D eigenvalue weighted by molar-refractivity contribution is 5.48. The van der Waals surface area contributed by atoms with Crippen LogP contribution in [0.2, 0.25) is 0 Å². The number of para-hydroxylation sites is 1. The molecule has 0 bridgehead atoms. The van der Waals surface area contributed by atoms with E-state index in [0.717, 1.165) is 12.4 Å². The van der Waals surface area contributed by atoms with Crippen LogP contribution in [0.4, 0.5) is 0 Å². The Bertz CT molecular complexity index is 345. The van der Waals surface area contributed by atoms with Gasteiger partial charge in [0.15, 0.2) is 0 Å². The van der Waals surface area contributed by atoms with E-state index >= 15 is 0 Å². The van der Waals surface area contributed by atoms with Crippen LogP contribution in [0.25, 0.3) is 0 Å². The Labute approximate surface area is 106 Å². The van der Waals surface area contributed by atoms with Crippen LogP contribution in [0.1, 0.15) is 59.6 Å². The van der Waals surface area contributed by atoms with E-state index in [1.54, 1.807) is 0 Å². The summed E-state index contributed by atoms with van der Waals surface area (Å²) >= 11 is 0. The zero-order chi connectivity index (χ0) is 13.3. The molecule has 1 heteroatoms. The van der Waals surface area contributed by atoms with E-state index in [-0.39, 0.29) is 10.8 Å². The van der Waals surface area contributed by atoms with Gasteiger partial charge in [-0.2, -0.15) is 0 Å². The summed E-state index contributed by atoms with van der Waals surface area (Å²) in [4.78, 5) is 0. The van der Waals surface area contributed by atoms with Crippen molar-refractivity contribution in [1.29, 1.82) is 0 Å². The van der Waals surface area contributed by atoms with Gasteiger partial charge in [-0.1, -0.05) is 59.7 Å². The average Bonchev–Trinajstić information content (AvgIpc) is 2.15. The molecule has 0 fully saturated rings. The third-order valence-corrected chi connectivity index (χ3v) is 2.92. The van der Waals surface area contributed by atoms with Gasteiger partial charge in [0.1, 0.15) is 5.75 Å². The molecule has 0 aliphatic carbocycles. The van der Waals surface area contributed by atoms with Gasteiger partial charge in [0.05, 0.1) is 6.61 Å². The van der Waals surface area contributed by atoms with Crippen molar-refractivity contribution < 1.29 is 4.74 Å². The molecule has 0 spiro atoms. The van der Waals surface area contributed by atoms with E-state index in [0.29, 0.717) is 0 Å². The van der Waals surface area contributed by atoms with E-state index in [4.69, 9.17) is 4.74 Å². The van der Waals surface area contributed by atoms with E-state index in [1.807, 2.05) is 6.92 Å². The summed E-state index contributed by atoms with van der Waals surface area (Å²) in [7, 11) is 0. The normalized spacial score (nSPS) is 12.6. The quantitative estimate of drug-likeness (QED) is 0.722. The molecule has 17 heavy (non-hydrogen) atoms. The van der Waals surface area contributed by atoms with Gasteiger partial charge in [-0.15, -0.1) is 0 Å². The molecule has 0 radical (unpaired) electrons. The molecule has 0 saturated carbocycles. The molecule has 96 valence electrons. The van der Waals surface area contributed by atoms with Crippen molar-refractivity contribution >= 4 is 0 Å². The maximum absolute atomic E-state index is 5.92. The summed E-state index contributed by atoms with van der Waals surface area (Å²) in [5.74, 6) is 1.08.